The summed E-state index contributed by atoms with van der Waals surface area (Å²) in [5, 5.41) is 27.1. The van der Waals surface area contributed by atoms with E-state index in [-0.39, 0.29) is 31.1 Å². The van der Waals surface area contributed by atoms with Crippen LogP contribution in [-0.2, 0) is 19.2 Å². The summed E-state index contributed by atoms with van der Waals surface area (Å²) in [6.45, 7) is 2.00. The van der Waals surface area contributed by atoms with Crippen molar-refractivity contribution in [1.82, 2.24) is 0 Å². The molecule has 13 heavy (non-hydrogen) atoms. The van der Waals surface area contributed by atoms with Crippen LogP contribution >= 0.6 is 0 Å². The average Bonchev–Trinajstić information content (AvgIpc) is 1.92. The Morgan fingerprint density at radius 1 is 0.538 bits per heavy atom. The van der Waals surface area contributed by atoms with Gasteiger partial charge in [0.15, 0.2) is 0 Å². The van der Waals surface area contributed by atoms with E-state index in [1.165, 1.54) is 0 Å². The van der Waals surface area contributed by atoms with Crippen molar-refractivity contribution in [2.75, 3.05) is 0 Å². The Morgan fingerprint density at radius 3 is 0.538 bits per heavy atom. The molecule has 0 spiro atoms. The third-order valence-electron chi connectivity index (χ3n) is 0. The molecule has 0 radical (unpaired) electrons. The molecule has 0 aromatic heterocycles. The van der Waals surface area contributed by atoms with Gasteiger partial charge in [-0.25, -0.2) is 0 Å². The first-order chi connectivity index (χ1) is 5.66. The Balaban J connectivity index is -0.0000000213. The van der Waals surface area contributed by atoms with Crippen LogP contribution in [0.5, 0.6) is 0 Å². The van der Waals surface area contributed by atoms with E-state index in [1.807, 2.05) is 0 Å². The summed E-state index contributed by atoms with van der Waals surface area (Å²) in [7, 11) is 0. The summed E-state index contributed by atoms with van der Waals surface area (Å²) < 4.78 is 0. The molecule has 0 amide bonds. The molecule has 8 nitrogen and oxygen atoms in total. The molecule has 0 fully saturated rings. The summed E-state index contributed by atoms with van der Waals surface area (Å²) in [5.41, 5.74) is 0. The van der Waals surface area contributed by atoms with E-state index in [4.69, 9.17) is 39.6 Å². The summed E-state index contributed by atoms with van der Waals surface area (Å²) in [6.07, 6.45) is 0. The van der Waals surface area contributed by atoms with Crippen molar-refractivity contribution < 1.29 is 70.7 Å². The fourth-order valence-corrected chi connectivity index (χ4v) is 0. The van der Waals surface area contributed by atoms with Crippen LogP contribution in [-0.4, -0.2) is 46.3 Å². The van der Waals surface area contributed by atoms with Crippen LogP contribution in [0, 0.1) is 31.1 Å². The van der Waals surface area contributed by atoms with E-state index in [9.17, 15) is 0 Å². The van der Waals surface area contributed by atoms with Gasteiger partial charge in [-0.2, -0.15) is 0 Å². The first-order valence-electron chi connectivity index (χ1n) is 1.71. The quantitative estimate of drug-likeness (QED) is 0.346. The molecule has 0 rings (SSSR count). The monoisotopic (exact) mass is 418 g/mol. The first-order valence-corrected chi connectivity index (χ1v) is 1.71. The largest absolute Gasteiger partial charge is 4.00 e. The minimum atomic E-state index is 0. The molecule has 0 aliphatic carbocycles. The fraction of sp³-hybridized carbons (Fsp3) is 0. The predicted molar refractivity (Wildman–Crippen MR) is 33.3 cm³/mol. The van der Waals surface area contributed by atoms with Gasteiger partial charge < -0.3 is 39.6 Å². The zero-order valence-corrected chi connectivity index (χ0v) is 10.1. The summed E-state index contributed by atoms with van der Waals surface area (Å²) in [4.78, 5) is 32.9. The molecule has 72 valence electrons. The van der Waals surface area contributed by atoms with Crippen molar-refractivity contribution in [3.05, 3.63) is 0 Å². The summed E-state index contributed by atoms with van der Waals surface area (Å²) >= 11 is 0. The van der Waals surface area contributed by atoms with Gasteiger partial charge in [0.1, 0.15) is 0 Å². The second kappa shape index (κ2) is 125. The van der Waals surface area contributed by atoms with E-state index in [1.54, 1.807) is 0 Å². The Hall–Kier alpha value is -1.07. The van der Waals surface area contributed by atoms with E-state index in [0.29, 0.717) is 25.9 Å². The minimum absolute atomic E-state index is 0. The molecule has 0 bridgehead atoms. The number of hydrogen-bond donors (Lipinski definition) is 4. The van der Waals surface area contributed by atoms with Crippen LogP contribution in [0.15, 0.2) is 0 Å². The van der Waals surface area contributed by atoms with Crippen molar-refractivity contribution in [2.45, 2.75) is 0 Å². The van der Waals surface area contributed by atoms with Crippen molar-refractivity contribution >= 4 is 25.9 Å². The van der Waals surface area contributed by atoms with Crippen molar-refractivity contribution in [1.29, 1.82) is 0 Å². The zero-order chi connectivity index (χ0) is 10.8. The average molecular weight is 418 g/mol. The summed E-state index contributed by atoms with van der Waals surface area (Å²) in [5.74, 6) is 0. The molecular formula is C4H4O8U. The van der Waals surface area contributed by atoms with Crippen LogP contribution in [0.4, 0.5) is 0 Å². The number of rotatable bonds is 0. The molecule has 0 saturated heterocycles. The fourth-order valence-electron chi connectivity index (χ4n) is 0. The minimum Gasteiger partial charge on any atom is -0.665 e. The Kier molecular flexibility index (Phi) is 286. The zero-order valence-electron chi connectivity index (χ0n) is 5.92. The molecule has 0 aromatic carbocycles. The molecule has 0 unspecified atom stereocenters. The van der Waals surface area contributed by atoms with Crippen molar-refractivity contribution in [3.63, 3.8) is 0 Å². The van der Waals surface area contributed by atoms with Crippen LogP contribution in [0.25, 0.3) is 0 Å². The molecule has 0 aliphatic rings. The van der Waals surface area contributed by atoms with Gasteiger partial charge in [0.2, 0.25) is 0 Å². The van der Waals surface area contributed by atoms with Crippen LogP contribution in [0.3, 0.4) is 0 Å². The molecule has 4 N–H and O–H groups in total. The third kappa shape index (κ3) is 765. The van der Waals surface area contributed by atoms with Gasteiger partial charge >= 0.3 is 31.1 Å². The second-order valence-corrected chi connectivity index (χ2v) is 0.365. The van der Waals surface area contributed by atoms with E-state index >= 15 is 0 Å². The molecule has 0 aliphatic heterocycles. The van der Waals surface area contributed by atoms with Crippen LogP contribution in [0.2, 0.25) is 0 Å². The Bertz CT molecular complexity index is 70.1. The smallest absolute Gasteiger partial charge is 0.665 e. The normalized spacial score (nSPS) is 3.69. The van der Waals surface area contributed by atoms with Crippen LogP contribution in [0.1, 0.15) is 0 Å². The Labute approximate surface area is 96.6 Å². The van der Waals surface area contributed by atoms with Gasteiger partial charge in [0.05, 0.1) is 0 Å². The third-order valence-corrected chi connectivity index (χ3v) is 0. The Morgan fingerprint density at radius 2 is 0.538 bits per heavy atom. The van der Waals surface area contributed by atoms with Crippen molar-refractivity contribution in [2.24, 2.45) is 0 Å². The topological polar surface area (TPSA) is 149 Å². The van der Waals surface area contributed by atoms with Gasteiger partial charge in [0.25, 0.3) is 0 Å². The molecule has 0 saturated carbocycles. The SMILES string of the molecule is O=[C-]O.O=[C-]O.O=[C-]O.O=[C-]O.[U+4]. The predicted octanol–water partition coefficient (Wildman–Crippen LogP) is -1.55. The molecule has 0 heterocycles. The summed E-state index contributed by atoms with van der Waals surface area (Å²) in [6, 6.07) is 0. The van der Waals surface area contributed by atoms with Crippen LogP contribution < -0.4 is 0 Å². The van der Waals surface area contributed by atoms with E-state index in [2.05, 4.69) is 0 Å². The molecule has 9 heteroatoms. The van der Waals surface area contributed by atoms with Gasteiger partial charge in [-0.15, -0.1) is 0 Å². The maximum Gasteiger partial charge on any atom is 4.00 e. The molecule has 0 atom stereocenters. The standard InChI is InChI=1S/4CHO2.U/c4*2-1-3;/h4*(H,2,3);/q4*-1;+4. The van der Waals surface area contributed by atoms with Gasteiger partial charge in [0, 0.05) is 0 Å². The molecule has 0 aromatic rings. The van der Waals surface area contributed by atoms with Gasteiger partial charge in [-0.1, -0.05) is 25.9 Å². The van der Waals surface area contributed by atoms with E-state index in [0.717, 1.165) is 0 Å². The van der Waals surface area contributed by atoms with Gasteiger partial charge in [-0.3, -0.25) is 0 Å². The maximum atomic E-state index is 8.24. The maximum absolute atomic E-state index is 8.24. The number of aliphatic hydroxyl groups excluding tert-OH is 4. The number of hydrogen-bond acceptors (Lipinski definition) is 4. The molecular weight excluding hydrogens is 414 g/mol. The van der Waals surface area contributed by atoms with Gasteiger partial charge in [-0.05, 0) is 0 Å². The first kappa shape index (κ1) is 29.7. The van der Waals surface area contributed by atoms with E-state index < -0.39 is 0 Å². The van der Waals surface area contributed by atoms with Crippen molar-refractivity contribution in [3.8, 4) is 0 Å². The second-order valence-electron chi connectivity index (χ2n) is 0.365.